The molecule has 0 N–H and O–H groups in total. The van der Waals surface area contributed by atoms with Crippen LogP contribution in [0.15, 0.2) is 72.9 Å². The van der Waals surface area contributed by atoms with Crippen molar-refractivity contribution >= 4 is 10.8 Å². The molecule has 0 saturated heterocycles. The van der Waals surface area contributed by atoms with Gasteiger partial charge in [-0.2, -0.15) is 13.2 Å². The van der Waals surface area contributed by atoms with Crippen LogP contribution >= 0.6 is 0 Å². The van der Waals surface area contributed by atoms with Gasteiger partial charge in [-0.3, -0.25) is 4.98 Å². The Bertz CT molecular complexity index is 1190. The summed E-state index contributed by atoms with van der Waals surface area (Å²) >= 11 is 0. The minimum atomic E-state index is -4.51. The van der Waals surface area contributed by atoms with Gasteiger partial charge in [0, 0.05) is 17.1 Å². The van der Waals surface area contributed by atoms with Crippen molar-refractivity contribution in [3.63, 3.8) is 0 Å². The molecule has 0 aliphatic heterocycles. The SMILES string of the molecule is CCCc1ccc(-c2cc(-c3nccc4cccc(F)c34)ccc2C(F)(F)F)cc1. The van der Waals surface area contributed by atoms with Crippen molar-refractivity contribution in [2.24, 2.45) is 0 Å². The summed E-state index contributed by atoms with van der Waals surface area (Å²) in [7, 11) is 0. The standard InChI is InChI=1S/C25H19F4N/c1-2-4-16-7-9-17(10-8-16)20-15-19(11-12-21(20)25(27,28)29)24-23-18(13-14-30-24)5-3-6-22(23)26/h3,5-15H,2,4H2,1H3. The van der Waals surface area contributed by atoms with Crippen LogP contribution < -0.4 is 0 Å². The number of nitrogens with zero attached hydrogens (tertiary/aromatic N) is 1. The van der Waals surface area contributed by atoms with E-state index in [1.807, 2.05) is 12.1 Å². The van der Waals surface area contributed by atoms with Gasteiger partial charge in [0.1, 0.15) is 5.82 Å². The lowest BCUT2D eigenvalue weighted by molar-refractivity contribution is -0.137. The molecule has 0 aliphatic rings. The molecule has 152 valence electrons. The summed E-state index contributed by atoms with van der Waals surface area (Å²) in [5.41, 5.74) is 1.62. The van der Waals surface area contributed by atoms with Crippen LogP contribution in [0.4, 0.5) is 17.6 Å². The minimum absolute atomic E-state index is 0.0539. The number of aromatic nitrogens is 1. The molecule has 4 rings (SSSR count). The molecule has 0 amide bonds. The smallest absolute Gasteiger partial charge is 0.255 e. The fourth-order valence-electron chi connectivity index (χ4n) is 3.72. The lowest BCUT2D eigenvalue weighted by atomic mass is 9.93. The van der Waals surface area contributed by atoms with E-state index in [4.69, 9.17) is 0 Å². The van der Waals surface area contributed by atoms with Crippen LogP contribution in [0, 0.1) is 5.82 Å². The van der Waals surface area contributed by atoms with Crippen LogP contribution in [0.3, 0.4) is 0 Å². The van der Waals surface area contributed by atoms with Crippen LogP contribution in [0.1, 0.15) is 24.5 Å². The lowest BCUT2D eigenvalue weighted by Crippen LogP contribution is -2.07. The molecule has 5 heteroatoms. The fraction of sp³-hybridized carbons (Fsp3) is 0.160. The Morgan fingerprint density at radius 2 is 1.60 bits per heavy atom. The number of rotatable bonds is 4. The molecule has 1 aromatic heterocycles. The van der Waals surface area contributed by atoms with E-state index in [0.717, 1.165) is 24.5 Å². The molecule has 1 heterocycles. The van der Waals surface area contributed by atoms with Crippen molar-refractivity contribution in [3.05, 3.63) is 89.9 Å². The van der Waals surface area contributed by atoms with E-state index in [9.17, 15) is 17.6 Å². The van der Waals surface area contributed by atoms with Crippen molar-refractivity contribution in [1.82, 2.24) is 4.98 Å². The van der Waals surface area contributed by atoms with Crippen LogP contribution in [0.2, 0.25) is 0 Å². The number of alkyl halides is 3. The molecule has 0 fully saturated rings. The molecule has 0 unspecified atom stereocenters. The third-order valence-corrected chi connectivity index (χ3v) is 5.14. The van der Waals surface area contributed by atoms with E-state index in [-0.39, 0.29) is 5.56 Å². The summed E-state index contributed by atoms with van der Waals surface area (Å²) in [6, 6.07) is 17.3. The van der Waals surface area contributed by atoms with E-state index in [1.165, 1.54) is 24.4 Å². The Balaban J connectivity index is 1.92. The van der Waals surface area contributed by atoms with Crippen LogP contribution in [-0.2, 0) is 12.6 Å². The number of fused-ring (bicyclic) bond motifs is 1. The average Bonchev–Trinajstić information content (AvgIpc) is 2.73. The van der Waals surface area contributed by atoms with Gasteiger partial charge in [-0.1, -0.05) is 55.8 Å². The van der Waals surface area contributed by atoms with Crippen LogP contribution in [-0.4, -0.2) is 4.98 Å². The minimum Gasteiger partial charge on any atom is -0.255 e. The first-order valence-electron chi connectivity index (χ1n) is 9.72. The predicted molar refractivity (Wildman–Crippen MR) is 112 cm³/mol. The van der Waals surface area contributed by atoms with Gasteiger partial charge in [0.05, 0.1) is 11.3 Å². The first-order valence-corrected chi connectivity index (χ1v) is 9.72. The summed E-state index contributed by atoms with van der Waals surface area (Å²) in [5.74, 6) is -0.457. The summed E-state index contributed by atoms with van der Waals surface area (Å²) in [4.78, 5) is 4.28. The fourth-order valence-corrected chi connectivity index (χ4v) is 3.72. The number of halogens is 4. The van der Waals surface area contributed by atoms with Gasteiger partial charge in [-0.25, -0.2) is 4.39 Å². The Morgan fingerprint density at radius 3 is 2.30 bits per heavy atom. The maximum absolute atomic E-state index is 14.5. The summed E-state index contributed by atoms with van der Waals surface area (Å²) in [6.45, 7) is 2.05. The molecular formula is C25H19F4N. The third kappa shape index (κ3) is 3.80. The molecule has 0 radical (unpaired) electrons. The predicted octanol–water partition coefficient (Wildman–Crippen LogP) is 7.68. The van der Waals surface area contributed by atoms with E-state index in [0.29, 0.717) is 27.6 Å². The zero-order valence-electron chi connectivity index (χ0n) is 16.3. The molecule has 30 heavy (non-hydrogen) atoms. The molecular weight excluding hydrogens is 390 g/mol. The van der Waals surface area contributed by atoms with Crippen molar-refractivity contribution in [3.8, 4) is 22.4 Å². The largest absolute Gasteiger partial charge is 0.417 e. The maximum atomic E-state index is 14.5. The van der Waals surface area contributed by atoms with Gasteiger partial charge in [0.25, 0.3) is 0 Å². The average molecular weight is 409 g/mol. The first-order chi connectivity index (χ1) is 14.4. The van der Waals surface area contributed by atoms with Crippen molar-refractivity contribution < 1.29 is 17.6 Å². The molecule has 0 atom stereocenters. The molecule has 0 saturated carbocycles. The van der Waals surface area contributed by atoms with Gasteiger partial charge in [0.15, 0.2) is 0 Å². The Kier molecular flexibility index (Phi) is 5.29. The van der Waals surface area contributed by atoms with Crippen molar-refractivity contribution in [2.75, 3.05) is 0 Å². The molecule has 1 nitrogen and oxygen atoms in total. The van der Waals surface area contributed by atoms with Gasteiger partial charge in [-0.05, 0) is 52.8 Å². The Labute approximate surface area is 172 Å². The normalized spacial score (nSPS) is 11.8. The zero-order chi connectivity index (χ0) is 21.3. The zero-order valence-corrected chi connectivity index (χ0v) is 16.3. The number of pyridine rings is 1. The Morgan fingerprint density at radius 1 is 0.867 bits per heavy atom. The highest BCUT2D eigenvalue weighted by molar-refractivity contribution is 5.95. The highest BCUT2D eigenvalue weighted by Gasteiger charge is 2.34. The Hall–Kier alpha value is -3.21. The van der Waals surface area contributed by atoms with E-state index in [1.54, 1.807) is 30.3 Å². The van der Waals surface area contributed by atoms with E-state index >= 15 is 0 Å². The molecule has 0 bridgehead atoms. The monoisotopic (exact) mass is 409 g/mol. The van der Waals surface area contributed by atoms with Crippen LogP contribution in [0.5, 0.6) is 0 Å². The van der Waals surface area contributed by atoms with Crippen molar-refractivity contribution in [1.29, 1.82) is 0 Å². The quantitative estimate of drug-likeness (QED) is 0.315. The van der Waals surface area contributed by atoms with E-state index < -0.39 is 17.6 Å². The van der Waals surface area contributed by atoms with Gasteiger partial charge < -0.3 is 0 Å². The van der Waals surface area contributed by atoms with Gasteiger partial charge in [0.2, 0.25) is 0 Å². The number of hydrogen-bond donors (Lipinski definition) is 0. The summed E-state index contributed by atoms with van der Waals surface area (Å²) in [5, 5.41) is 0.939. The molecule has 0 spiro atoms. The van der Waals surface area contributed by atoms with Crippen LogP contribution in [0.25, 0.3) is 33.2 Å². The number of benzene rings is 3. The molecule has 0 aliphatic carbocycles. The second-order valence-corrected chi connectivity index (χ2v) is 7.20. The number of hydrogen-bond acceptors (Lipinski definition) is 1. The second kappa shape index (κ2) is 7.90. The second-order valence-electron chi connectivity index (χ2n) is 7.20. The maximum Gasteiger partial charge on any atom is 0.417 e. The summed E-state index contributed by atoms with van der Waals surface area (Å²) < 4.78 is 55.7. The third-order valence-electron chi connectivity index (χ3n) is 5.14. The van der Waals surface area contributed by atoms with E-state index in [2.05, 4.69) is 11.9 Å². The topological polar surface area (TPSA) is 12.9 Å². The lowest BCUT2D eigenvalue weighted by Gasteiger charge is -2.16. The van der Waals surface area contributed by atoms with Gasteiger partial charge >= 0.3 is 6.18 Å². The highest BCUT2D eigenvalue weighted by Crippen LogP contribution is 2.40. The first kappa shape index (κ1) is 20.1. The molecule has 3 aromatic carbocycles. The van der Waals surface area contributed by atoms with Crippen molar-refractivity contribution in [2.45, 2.75) is 25.9 Å². The van der Waals surface area contributed by atoms with Gasteiger partial charge in [-0.15, -0.1) is 0 Å². The molecule has 4 aromatic rings. The highest BCUT2D eigenvalue weighted by atomic mass is 19.4. The summed E-state index contributed by atoms with van der Waals surface area (Å²) in [6.07, 6.45) is -1.14. The number of aryl methyl sites for hydroxylation is 1.